The smallest absolute Gasteiger partial charge is 0.358 e. The Morgan fingerprint density at radius 3 is 2.53 bits per heavy atom. The van der Waals surface area contributed by atoms with Gasteiger partial charge in [-0.2, -0.15) is 0 Å². The van der Waals surface area contributed by atoms with Gasteiger partial charge in [-0.3, -0.25) is 0 Å². The maximum atomic E-state index is 11.6. The van der Waals surface area contributed by atoms with Gasteiger partial charge in [0.25, 0.3) is 0 Å². The van der Waals surface area contributed by atoms with Crippen molar-refractivity contribution in [2.45, 2.75) is 0 Å². The summed E-state index contributed by atoms with van der Waals surface area (Å²) in [4.78, 5) is 15.6. The van der Waals surface area contributed by atoms with Gasteiger partial charge in [-0.25, -0.2) is 9.78 Å². The van der Waals surface area contributed by atoms with E-state index >= 15 is 0 Å². The van der Waals surface area contributed by atoms with Crippen molar-refractivity contribution in [1.82, 2.24) is 4.98 Å². The van der Waals surface area contributed by atoms with Gasteiger partial charge < -0.3 is 14.9 Å². The number of aromatic nitrogens is 1. The summed E-state index contributed by atoms with van der Waals surface area (Å²) in [5.41, 5.74) is 5.77. The van der Waals surface area contributed by atoms with E-state index in [2.05, 4.69) is 9.72 Å². The molecule has 2 aromatic rings. The topological polar surface area (TPSA) is 78.3 Å². The number of anilines is 1. The number of halogens is 3. The number of ether oxygens (including phenoxy) is 1. The summed E-state index contributed by atoms with van der Waals surface area (Å²) < 4.78 is 9.75. The number of hydrogen-bond donors (Lipinski definition) is 1. The monoisotopic (exact) mass is 320 g/mol. The number of pyridine rings is 1. The summed E-state index contributed by atoms with van der Waals surface area (Å²) in [5.74, 6) is -0.462. The zero-order valence-corrected chi connectivity index (χ0v) is 11.8. The van der Waals surface area contributed by atoms with Gasteiger partial charge >= 0.3 is 5.97 Å². The second-order valence-corrected chi connectivity index (χ2v) is 4.57. The fourth-order valence-corrected chi connectivity index (χ4v) is 2.04. The van der Waals surface area contributed by atoms with Crippen LogP contribution in [0.4, 0.5) is 5.69 Å². The summed E-state index contributed by atoms with van der Waals surface area (Å²) in [7, 11) is 1.20. The molecule has 0 aliphatic rings. The lowest BCUT2D eigenvalue weighted by atomic mass is 10.2. The Hall–Kier alpha value is -1.43. The molecule has 100 valence electrons. The molecule has 0 spiro atoms. The third-order valence-corrected chi connectivity index (χ3v) is 3.27. The molecule has 0 amide bonds. The lowest BCUT2D eigenvalue weighted by molar-refractivity contribution is 0.0594. The number of carbonyl (C=O) groups excluding carboxylic acids is 1. The number of hydrogen-bond acceptors (Lipinski definition) is 5. The molecule has 2 heterocycles. The summed E-state index contributed by atoms with van der Waals surface area (Å²) in [5, 5.41) is 0.155. The van der Waals surface area contributed by atoms with Crippen molar-refractivity contribution < 1.29 is 13.9 Å². The molecular weight excluding hydrogens is 314 g/mol. The fraction of sp³-hybridized carbons (Fsp3) is 0.0909. The number of nitrogens with zero attached hydrogens (tertiary/aromatic N) is 1. The highest BCUT2D eigenvalue weighted by Crippen LogP contribution is 2.38. The Morgan fingerprint density at radius 2 is 2.00 bits per heavy atom. The van der Waals surface area contributed by atoms with Crippen molar-refractivity contribution >= 4 is 46.5 Å². The lowest BCUT2D eigenvalue weighted by Gasteiger charge is -2.09. The minimum atomic E-state index is -0.729. The molecule has 0 bridgehead atoms. The minimum Gasteiger partial charge on any atom is -0.464 e. The van der Waals surface area contributed by atoms with Crippen LogP contribution in [-0.2, 0) is 4.74 Å². The summed E-state index contributed by atoms with van der Waals surface area (Å²) in [6, 6.07) is 3.06. The molecule has 2 N–H and O–H groups in total. The highest BCUT2D eigenvalue weighted by molar-refractivity contribution is 6.41. The first-order chi connectivity index (χ1) is 8.95. The molecule has 0 aliphatic carbocycles. The Labute approximate surface area is 123 Å². The average Bonchev–Trinajstić information content (AvgIpc) is 2.82. The highest BCUT2D eigenvalue weighted by Gasteiger charge is 2.23. The predicted molar refractivity (Wildman–Crippen MR) is 72.7 cm³/mol. The molecule has 2 rings (SSSR count). The van der Waals surface area contributed by atoms with Gasteiger partial charge in [-0.05, 0) is 23.7 Å². The van der Waals surface area contributed by atoms with Crippen molar-refractivity contribution in [3.8, 4) is 11.5 Å². The molecule has 0 atom stereocenters. The lowest BCUT2D eigenvalue weighted by Crippen LogP contribution is -2.08. The standard InChI is InChI=1S/C11H7Cl3N2O3/c1-18-11(17)10-7(14)8(15)6(13)9(16-10)4-2-3-5(12)19-4/h2-3H,1H3,(H2,15,16). The van der Waals surface area contributed by atoms with Crippen molar-refractivity contribution in [2.24, 2.45) is 0 Å². The van der Waals surface area contributed by atoms with E-state index < -0.39 is 5.97 Å². The largest absolute Gasteiger partial charge is 0.464 e. The van der Waals surface area contributed by atoms with Crippen molar-refractivity contribution in [3.05, 3.63) is 33.1 Å². The van der Waals surface area contributed by atoms with Crippen LogP contribution in [0.1, 0.15) is 10.5 Å². The molecule has 0 unspecified atom stereocenters. The molecule has 0 aromatic carbocycles. The summed E-state index contributed by atoms with van der Waals surface area (Å²) in [6.45, 7) is 0. The van der Waals surface area contributed by atoms with E-state index in [1.54, 1.807) is 6.07 Å². The van der Waals surface area contributed by atoms with Gasteiger partial charge in [0, 0.05) is 0 Å². The Kier molecular flexibility index (Phi) is 3.89. The van der Waals surface area contributed by atoms with E-state index in [-0.39, 0.29) is 38.1 Å². The van der Waals surface area contributed by atoms with Crippen LogP contribution < -0.4 is 5.73 Å². The van der Waals surface area contributed by atoms with Crippen LogP contribution in [-0.4, -0.2) is 18.1 Å². The quantitative estimate of drug-likeness (QED) is 0.854. The van der Waals surface area contributed by atoms with Crippen LogP contribution in [0, 0.1) is 0 Å². The number of rotatable bonds is 2. The number of esters is 1. The van der Waals surface area contributed by atoms with Gasteiger partial charge in [-0.1, -0.05) is 23.2 Å². The van der Waals surface area contributed by atoms with E-state index in [4.69, 9.17) is 45.0 Å². The first-order valence-corrected chi connectivity index (χ1v) is 6.07. The van der Waals surface area contributed by atoms with Crippen LogP contribution in [0.15, 0.2) is 16.5 Å². The van der Waals surface area contributed by atoms with Gasteiger partial charge in [0.15, 0.2) is 16.7 Å². The molecule has 0 saturated heterocycles. The number of methoxy groups -OCH3 is 1. The molecule has 0 radical (unpaired) electrons. The molecule has 0 saturated carbocycles. The Balaban J connectivity index is 2.68. The SMILES string of the molecule is COC(=O)c1nc(-c2ccc(Cl)o2)c(Cl)c(N)c1Cl. The molecule has 8 heteroatoms. The first kappa shape index (κ1) is 14.0. The van der Waals surface area contributed by atoms with Crippen molar-refractivity contribution in [1.29, 1.82) is 0 Å². The van der Waals surface area contributed by atoms with Crippen molar-refractivity contribution in [3.63, 3.8) is 0 Å². The van der Waals surface area contributed by atoms with Crippen LogP contribution in [0.2, 0.25) is 15.3 Å². The van der Waals surface area contributed by atoms with Gasteiger partial charge in [0.05, 0.1) is 22.8 Å². The average molecular weight is 322 g/mol. The van der Waals surface area contributed by atoms with Crippen LogP contribution in [0.3, 0.4) is 0 Å². The fourth-order valence-electron chi connectivity index (χ4n) is 1.40. The molecule has 2 aromatic heterocycles. The summed E-state index contributed by atoms with van der Waals surface area (Å²) >= 11 is 17.6. The number of nitrogens with two attached hydrogens (primary N) is 1. The van der Waals surface area contributed by atoms with E-state index in [0.717, 1.165) is 0 Å². The normalized spacial score (nSPS) is 10.5. The third-order valence-electron chi connectivity index (χ3n) is 2.30. The van der Waals surface area contributed by atoms with Gasteiger partial charge in [-0.15, -0.1) is 0 Å². The first-order valence-electron chi connectivity index (χ1n) is 4.94. The highest BCUT2D eigenvalue weighted by atomic mass is 35.5. The molecule has 0 fully saturated rings. The van der Waals surface area contributed by atoms with Gasteiger partial charge in [0.2, 0.25) is 0 Å². The van der Waals surface area contributed by atoms with Gasteiger partial charge in [0.1, 0.15) is 5.69 Å². The third kappa shape index (κ3) is 2.49. The Bertz CT molecular complexity index is 655. The van der Waals surface area contributed by atoms with E-state index in [1.807, 2.05) is 0 Å². The molecular formula is C11H7Cl3N2O3. The number of carbonyl (C=O) groups is 1. The Morgan fingerprint density at radius 1 is 1.32 bits per heavy atom. The van der Waals surface area contributed by atoms with E-state index in [0.29, 0.717) is 0 Å². The molecule has 0 aliphatic heterocycles. The van der Waals surface area contributed by atoms with Crippen LogP contribution >= 0.6 is 34.8 Å². The molecule has 19 heavy (non-hydrogen) atoms. The maximum Gasteiger partial charge on any atom is 0.358 e. The second-order valence-electron chi connectivity index (χ2n) is 3.45. The second kappa shape index (κ2) is 5.28. The van der Waals surface area contributed by atoms with Crippen LogP contribution in [0.5, 0.6) is 0 Å². The van der Waals surface area contributed by atoms with E-state index in [1.165, 1.54) is 13.2 Å². The number of furan rings is 1. The summed E-state index contributed by atoms with van der Waals surface area (Å²) in [6.07, 6.45) is 0. The predicted octanol–water partition coefficient (Wildman–Crippen LogP) is 3.67. The van der Waals surface area contributed by atoms with Crippen LogP contribution in [0.25, 0.3) is 11.5 Å². The van der Waals surface area contributed by atoms with Crippen molar-refractivity contribution in [2.75, 3.05) is 12.8 Å². The number of nitrogen functional groups attached to an aromatic ring is 1. The van der Waals surface area contributed by atoms with E-state index in [9.17, 15) is 4.79 Å². The maximum absolute atomic E-state index is 11.6. The zero-order valence-electron chi connectivity index (χ0n) is 9.54. The molecule has 5 nitrogen and oxygen atoms in total. The zero-order chi connectivity index (χ0) is 14.2. The minimum absolute atomic E-state index is 0.0151.